The number of hydrogen-bond acceptors (Lipinski definition) is 5. The summed E-state index contributed by atoms with van der Waals surface area (Å²) in [7, 11) is 0. The van der Waals surface area contributed by atoms with E-state index in [1.807, 2.05) is 60.0 Å². The molecule has 0 fully saturated rings. The molecule has 1 amide bonds. The number of halogens is 1. The highest BCUT2D eigenvalue weighted by Gasteiger charge is 2.21. The van der Waals surface area contributed by atoms with Crippen LogP contribution in [0.15, 0.2) is 71.9 Å². The van der Waals surface area contributed by atoms with E-state index >= 15 is 0 Å². The van der Waals surface area contributed by atoms with Crippen LogP contribution < -0.4 is 5.32 Å². The Kier molecular flexibility index (Phi) is 6.16. The van der Waals surface area contributed by atoms with E-state index in [1.54, 1.807) is 6.92 Å². The van der Waals surface area contributed by atoms with Crippen molar-refractivity contribution in [2.24, 2.45) is 0 Å². The first-order valence-corrected chi connectivity index (χ1v) is 11.1. The first-order chi connectivity index (χ1) is 15.3. The SMILES string of the molecule is Cc1ccc(-n2c(S[C@H](C)C(=O)Nc3ccc([N+](=O)[O-])cc3Cl)nc3ccccc32)cc1. The van der Waals surface area contributed by atoms with Gasteiger partial charge in [0.2, 0.25) is 5.91 Å². The molecule has 0 radical (unpaired) electrons. The summed E-state index contributed by atoms with van der Waals surface area (Å²) in [4.78, 5) is 27.9. The molecule has 4 aromatic rings. The molecular formula is C23H19ClN4O3S. The van der Waals surface area contributed by atoms with Crippen LogP contribution in [0, 0.1) is 17.0 Å². The number of nitro benzene ring substituents is 1. The molecule has 3 aromatic carbocycles. The van der Waals surface area contributed by atoms with Crippen LogP contribution in [0.1, 0.15) is 12.5 Å². The van der Waals surface area contributed by atoms with Gasteiger partial charge in [-0.2, -0.15) is 0 Å². The molecule has 7 nitrogen and oxygen atoms in total. The van der Waals surface area contributed by atoms with Crippen LogP contribution in [0.4, 0.5) is 11.4 Å². The van der Waals surface area contributed by atoms with Crippen LogP contribution in [-0.2, 0) is 4.79 Å². The Morgan fingerprint density at radius 2 is 1.88 bits per heavy atom. The van der Waals surface area contributed by atoms with Crippen molar-refractivity contribution in [2.45, 2.75) is 24.3 Å². The molecule has 32 heavy (non-hydrogen) atoms. The smallest absolute Gasteiger partial charge is 0.271 e. The molecule has 162 valence electrons. The molecule has 0 aliphatic carbocycles. The summed E-state index contributed by atoms with van der Waals surface area (Å²) in [5.41, 5.74) is 4.08. The van der Waals surface area contributed by atoms with E-state index in [0.29, 0.717) is 10.8 Å². The maximum atomic E-state index is 12.8. The van der Waals surface area contributed by atoms with E-state index in [9.17, 15) is 14.9 Å². The molecule has 0 saturated heterocycles. The Hall–Kier alpha value is -3.36. The minimum atomic E-state index is -0.536. The molecule has 1 atom stereocenters. The van der Waals surface area contributed by atoms with Crippen molar-refractivity contribution in [3.05, 3.63) is 87.4 Å². The first-order valence-electron chi connectivity index (χ1n) is 9.79. The van der Waals surface area contributed by atoms with Gasteiger partial charge >= 0.3 is 0 Å². The summed E-state index contributed by atoms with van der Waals surface area (Å²) in [6, 6.07) is 19.9. The van der Waals surface area contributed by atoms with Gasteiger partial charge in [-0.25, -0.2) is 4.98 Å². The Labute approximate surface area is 193 Å². The maximum Gasteiger partial charge on any atom is 0.271 e. The number of benzene rings is 3. The summed E-state index contributed by atoms with van der Waals surface area (Å²) < 4.78 is 2.03. The number of amides is 1. The third-order valence-corrected chi connectivity index (χ3v) is 6.26. The van der Waals surface area contributed by atoms with Crippen molar-refractivity contribution in [1.29, 1.82) is 0 Å². The van der Waals surface area contributed by atoms with Gasteiger partial charge in [-0.05, 0) is 44.2 Å². The van der Waals surface area contributed by atoms with Crippen LogP contribution in [0.2, 0.25) is 5.02 Å². The molecule has 0 aliphatic rings. The number of aromatic nitrogens is 2. The summed E-state index contributed by atoms with van der Waals surface area (Å²) in [5, 5.41) is 13.9. The van der Waals surface area contributed by atoms with Gasteiger partial charge in [0.25, 0.3) is 5.69 Å². The minimum Gasteiger partial charge on any atom is -0.324 e. The predicted octanol–water partition coefficient (Wildman–Crippen LogP) is 6.01. The number of nitrogens with zero attached hydrogens (tertiary/aromatic N) is 3. The monoisotopic (exact) mass is 466 g/mol. The van der Waals surface area contributed by atoms with Crippen LogP contribution in [0.25, 0.3) is 16.7 Å². The zero-order valence-electron chi connectivity index (χ0n) is 17.3. The molecule has 1 aromatic heterocycles. The van der Waals surface area contributed by atoms with Crippen molar-refractivity contribution >= 4 is 51.7 Å². The number of carbonyl (C=O) groups is 1. The lowest BCUT2D eigenvalue weighted by atomic mass is 10.2. The molecule has 0 spiro atoms. The summed E-state index contributed by atoms with van der Waals surface area (Å²) in [6.45, 7) is 3.80. The zero-order valence-corrected chi connectivity index (χ0v) is 18.9. The van der Waals surface area contributed by atoms with Crippen LogP contribution in [-0.4, -0.2) is 25.6 Å². The van der Waals surface area contributed by atoms with Crippen molar-refractivity contribution < 1.29 is 9.72 Å². The Balaban J connectivity index is 1.60. The highest BCUT2D eigenvalue weighted by atomic mass is 35.5. The second kappa shape index (κ2) is 9.02. The number of hydrogen-bond donors (Lipinski definition) is 1. The highest BCUT2D eigenvalue weighted by Crippen LogP contribution is 2.32. The number of thioether (sulfide) groups is 1. The van der Waals surface area contributed by atoms with E-state index in [1.165, 1.54) is 30.0 Å². The number of non-ortho nitro benzene ring substituents is 1. The molecule has 0 bridgehead atoms. The fraction of sp³-hybridized carbons (Fsp3) is 0.130. The van der Waals surface area contributed by atoms with E-state index in [2.05, 4.69) is 5.32 Å². The second-order valence-corrected chi connectivity index (χ2v) is 8.94. The number of para-hydroxylation sites is 2. The normalized spacial score (nSPS) is 12.0. The number of aryl methyl sites for hydroxylation is 1. The van der Waals surface area contributed by atoms with Crippen molar-refractivity contribution in [2.75, 3.05) is 5.32 Å². The average Bonchev–Trinajstić information content (AvgIpc) is 3.13. The number of fused-ring (bicyclic) bond motifs is 1. The molecule has 9 heteroatoms. The topological polar surface area (TPSA) is 90.1 Å². The van der Waals surface area contributed by atoms with E-state index in [4.69, 9.17) is 16.6 Å². The number of carbonyl (C=O) groups excluding carboxylic acids is 1. The summed E-state index contributed by atoms with van der Waals surface area (Å²) in [5.74, 6) is -0.284. The lowest BCUT2D eigenvalue weighted by Gasteiger charge is -2.14. The van der Waals surface area contributed by atoms with Gasteiger partial charge in [0.05, 0.1) is 31.9 Å². The Morgan fingerprint density at radius 1 is 1.16 bits per heavy atom. The van der Waals surface area contributed by atoms with Crippen LogP contribution >= 0.6 is 23.4 Å². The molecule has 0 aliphatic heterocycles. The van der Waals surface area contributed by atoms with E-state index < -0.39 is 10.2 Å². The minimum absolute atomic E-state index is 0.108. The first kappa shape index (κ1) is 21.9. The van der Waals surface area contributed by atoms with Gasteiger partial charge in [0.15, 0.2) is 5.16 Å². The Morgan fingerprint density at radius 3 is 2.56 bits per heavy atom. The van der Waals surface area contributed by atoms with Crippen molar-refractivity contribution in [3.63, 3.8) is 0 Å². The quantitative estimate of drug-likeness (QED) is 0.213. The second-order valence-electron chi connectivity index (χ2n) is 7.22. The molecule has 0 unspecified atom stereocenters. The summed E-state index contributed by atoms with van der Waals surface area (Å²) in [6.07, 6.45) is 0. The van der Waals surface area contributed by atoms with Gasteiger partial charge in [-0.3, -0.25) is 19.5 Å². The maximum absolute atomic E-state index is 12.8. The fourth-order valence-electron chi connectivity index (χ4n) is 3.19. The fourth-order valence-corrected chi connectivity index (χ4v) is 4.36. The third kappa shape index (κ3) is 4.46. The van der Waals surface area contributed by atoms with Gasteiger partial charge in [0.1, 0.15) is 0 Å². The van der Waals surface area contributed by atoms with Gasteiger partial charge in [-0.15, -0.1) is 0 Å². The number of nitro groups is 1. The number of nitrogens with one attached hydrogen (secondary N) is 1. The largest absolute Gasteiger partial charge is 0.324 e. The molecule has 4 rings (SSSR count). The van der Waals surface area contributed by atoms with Gasteiger partial charge < -0.3 is 5.32 Å². The number of rotatable bonds is 6. The predicted molar refractivity (Wildman–Crippen MR) is 128 cm³/mol. The van der Waals surface area contributed by atoms with E-state index in [-0.39, 0.29) is 16.6 Å². The highest BCUT2D eigenvalue weighted by molar-refractivity contribution is 8.00. The molecule has 0 saturated carbocycles. The molecular weight excluding hydrogens is 448 g/mol. The Bertz CT molecular complexity index is 1320. The molecule has 1 heterocycles. The number of anilines is 1. The standard InChI is InChI=1S/C23H19ClN4O3S/c1-14-7-9-16(10-8-14)27-21-6-4-3-5-20(21)26-23(27)32-15(2)22(29)25-19-12-11-17(28(30)31)13-18(19)24/h3-13,15H,1-2H3,(H,25,29)/t15-/m1/s1. The van der Waals surface area contributed by atoms with Gasteiger partial charge in [-0.1, -0.05) is 53.2 Å². The summed E-state index contributed by atoms with van der Waals surface area (Å²) >= 11 is 7.44. The lowest BCUT2D eigenvalue weighted by Crippen LogP contribution is -2.23. The van der Waals surface area contributed by atoms with Crippen molar-refractivity contribution in [3.8, 4) is 5.69 Å². The van der Waals surface area contributed by atoms with Crippen molar-refractivity contribution in [1.82, 2.24) is 9.55 Å². The van der Waals surface area contributed by atoms with Crippen LogP contribution in [0.3, 0.4) is 0 Å². The van der Waals surface area contributed by atoms with E-state index in [0.717, 1.165) is 22.3 Å². The van der Waals surface area contributed by atoms with Crippen LogP contribution in [0.5, 0.6) is 0 Å². The zero-order chi connectivity index (χ0) is 22.8. The molecule has 1 N–H and O–H groups in total. The van der Waals surface area contributed by atoms with Gasteiger partial charge in [0, 0.05) is 17.8 Å². The lowest BCUT2D eigenvalue weighted by molar-refractivity contribution is -0.384. The average molecular weight is 467 g/mol. The number of imidazole rings is 1. The third-order valence-electron chi connectivity index (χ3n) is 4.89.